The van der Waals surface area contributed by atoms with Gasteiger partial charge in [-0.15, -0.1) is 0 Å². The van der Waals surface area contributed by atoms with Gasteiger partial charge in [0.25, 0.3) is 0 Å². The van der Waals surface area contributed by atoms with Crippen LogP contribution in [0, 0.1) is 0 Å². The first-order valence-electron chi connectivity index (χ1n) is 5.67. The van der Waals surface area contributed by atoms with Crippen LogP contribution in [-0.2, 0) is 13.2 Å². The average molecular weight is 352 g/mol. The van der Waals surface area contributed by atoms with Gasteiger partial charge in [-0.1, -0.05) is 58.5 Å². The van der Waals surface area contributed by atoms with Crippen LogP contribution in [0.15, 0.2) is 30.3 Å². The van der Waals surface area contributed by atoms with Crippen LogP contribution in [0.1, 0.15) is 11.1 Å². The highest BCUT2D eigenvalue weighted by Crippen LogP contribution is 2.34. The Bertz CT molecular complexity index is 629. The monoisotopic (exact) mass is 350 g/mol. The quantitative estimate of drug-likeness (QED) is 0.802. The lowest BCUT2D eigenvalue weighted by molar-refractivity contribution is 0.259. The highest BCUT2D eigenvalue weighted by atomic mass is 35.5. The molecule has 0 aliphatic rings. The van der Waals surface area contributed by atoms with Crippen LogP contribution < -0.4 is 4.74 Å². The van der Waals surface area contributed by atoms with Crippen LogP contribution in [0.2, 0.25) is 20.1 Å². The SMILES string of the molecule is OCc1cc(Cl)cc(Cl)c1OCc1cccc(Cl)c1Cl. The molecule has 0 aliphatic carbocycles. The third kappa shape index (κ3) is 3.51. The molecule has 0 saturated carbocycles. The van der Waals surface area contributed by atoms with Crippen molar-refractivity contribution < 1.29 is 9.84 Å². The van der Waals surface area contributed by atoms with E-state index in [1.165, 1.54) is 0 Å². The first kappa shape index (κ1) is 15.7. The van der Waals surface area contributed by atoms with Crippen molar-refractivity contribution in [3.63, 3.8) is 0 Å². The van der Waals surface area contributed by atoms with Crippen LogP contribution in [0.5, 0.6) is 5.75 Å². The Kier molecular flexibility index (Phi) is 5.42. The minimum absolute atomic E-state index is 0.188. The fraction of sp³-hybridized carbons (Fsp3) is 0.143. The lowest BCUT2D eigenvalue weighted by Gasteiger charge is -2.13. The fourth-order valence-corrected chi connectivity index (χ4v) is 2.67. The molecule has 6 heteroatoms. The third-order valence-electron chi connectivity index (χ3n) is 2.66. The van der Waals surface area contributed by atoms with E-state index < -0.39 is 0 Å². The normalized spacial score (nSPS) is 10.7. The second-order valence-corrected chi connectivity index (χ2v) is 5.66. The van der Waals surface area contributed by atoms with Gasteiger partial charge in [0, 0.05) is 16.1 Å². The summed E-state index contributed by atoms with van der Waals surface area (Å²) in [5.74, 6) is 0.384. The molecule has 0 heterocycles. The van der Waals surface area contributed by atoms with Crippen molar-refractivity contribution in [1.29, 1.82) is 0 Å². The second kappa shape index (κ2) is 6.88. The molecule has 0 radical (unpaired) electrons. The van der Waals surface area contributed by atoms with Gasteiger partial charge in [-0.3, -0.25) is 0 Å². The van der Waals surface area contributed by atoms with Crippen molar-refractivity contribution in [3.8, 4) is 5.75 Å². The molecular weight excluding hydrogens is 342 g/mol. The molecular formula is C14H10Cl4O2. The first-order valence-corrected chi connectivity index (χ1v) is 7.18. The average Bonchev–Trinajstić information content (AvgIpc) is 2.41. The molecule has 0 amide bonds. The zero-order valence-electron chi connectivity index (χ0n) is 10.2. The van der Waals surface area contributed by atoms with Gasteiger partial charge >= 0.3 is 0 Å². The second-order valence-electron chi connectivity index (χ2n) is 4.04. The Labute approximate surface area is 136 Å². The van der Waals surface area contributed by atoms with E-state index in [-0.39, 0.29) is 13.2 Å². The topological polar surface area (TPSA) is 29.5 Å². The summed E-state index contributed by atoms with van der Waals surface area (Å²) in [6.45, 7) is -0.0351. The predicted molar refractivity (Wildman–Crippen MR) is 83.2 cm³/mol. The molecule has 2 aromatic rings. The molecule has 0 aromatic heterocycles. The van der Waals surface area contributed by atoms with E-state index >= 15 is 0 Å². The van der Waals surface area contributed by atoms with Crippen LogP contribution in [-0.4, -0.2) is 5.11 Å². The Balaban J connectivity index is 2.25. The Hall–Kier alpha value is -0.640. The van der Waals surface area contributed by atoms with Crippen LogP contribution >= 0.6 is 46.4 Å². The molecule has 106 valence electrons. The fourth-order valence-electron chi connectivity index (χ4n) is 1.70. The summed E-state index contributed by atoms with van der Waals surface area (Å²) in [4.78, 5) is 0. The van der Waals surface area contributed by atoms with Gasteiger partial charge < -0.3 is 9.84 Å². The van der Waals surface area contributed by atoms with Gasteiger partial charge in [-0.05, 0) is 18.2 Å². The maximum absolute atomic E-state index is 9.32. The van der Waals surface area contributed by atoms with E-state index in [2.05, 4.69) is 0 Å². The number of hydrogen-bond acceptors (Lipinski definition) is 2. The summed E-state index contributed by atoms with van der Waals surface area (Å²) in [6, 6.07) is 8.43. The summed E-state index contributed by atoms with van der Waals surface area (Å²) in [5.41, 5.74) is 1.25. The molecule has 2 nitrogen and oxygen atoms in total. The van der Waals surface area contributed by atoms with E-state index in [0.717, 1.165) is 5.56 Å². The molecule has 0 unspecified atom stereocenters. The number of rotatable bonds is 4. The van der Waals surface area contributed by atoms with Crippen LogP contribution in [0.25, 0.3) is 0 Å². The molecule has 0 atom stereocenters. The number of aliphatic hydroxyl groups excluding tert-OH is 1. The van der Waals surface area contributed by atoms with Gasteiger partial charge in [0.1, 0.15) is 12.4 Å². The molecule has 0 spiro atoms. The maximum atomic E-state index is 9.32. The number of aliphatic hydroxyl groups is 1. The predicted octanol–water partition coefficient (Wildman–Crippen LogP) is 5.37. The van der Waals surface area contributed by atoms with E-state index in [1.807, 2.05) is 0 Å². The highest BCUT2D eigenvalue weighted by Gasteiger charge is 2.12. The third-order valence-corrected chi connectivity index (χ3v) is 4.02. The molecule has 0 fully saturated rings. The van der Waals surface area contributed by atoms with Crippen molar-refractivity contribution in [1.82, 2.24) is 0 Å². The van der Waals surface area contributed by atoms with E-state index in [1.54, 1.807) is 30.3 Å². The Morgan fingerprint density at radius 3 is 2.40 bits per heavy atom. The maximum Gasteiger partial charge on any atom is 0.144 e. The Morgan fingerprint density at radius 1 is 0.950 bits per heavy atom. The molecule has 1 N–H and O–H groups in total. The van der Waals surface area contributed by atoms with Gasteiger partial charge in [0.15, 0.2) is 0 Å². The number of benzene rings is 2. The minimum atomic E-state index is -0.223. The zero-order chi connectivity index (χ0) is 14.7. The number of ether oxygens (including phenoxy) is 1. The van der Waals surface area contributed by atoms with Crippen LogP contribution in [0.4, 0.5) is 0 Å². The summed E-state index contributed by atoms with van der Waals surface area (Å²) < 4.78 is 5.64. The van der Waals surface area contributed by atoms with Crippen molar-refractivity contribution in [2.24, 2.45) is 0 Å². The summed E-state index contributed by atoms with van der Waals surface area (Å²) in [7, 11) is 0. The number of halogens is 4. The molecule has 20 heavy (non-hydrogen) atoms. The van der Waals surface area contributed by atoms with Crippen molar-refractivity contribution in [2.75, 3.05) is 0 Å². The van der Waals surface area contributed by atoms with Gasteiger partial charge in [0.2, 0.25) is 0 Å². The molecule has 0 aliphatic heterocycles. The number of hydrogen-bond donors (Lipinski definition) is 1. The molecule has 0 bridgehead atoms. The first-order chi connectivity index (χ1) is 9.52. The van der Waals surface area contributed by atoms with Crippen molar-refractivity contribution >= 4 is 46.4 Å². The lowest BCUT2D eigenvalue weighted by Crippen LogP contribution is -2.00. The summed E-state index contributed by atoms with van der Waals surface area (Å²) in [5, 5.41) is 11.0. The zero-order valence-corrected chi connectivity index (χ0v) is 13.2. The lowest BCUT2D eigenvalue weighted by atomic mass is 10.2. The minimum Gasteiger partial charge on any atom is -0.487 e. The van der Waals surface area contributed by atoms with Gasteiger partial charge in [-0.2, -0.15) is 0 Å². The van der Waals surface area contributed by atoms with E-state index in [0.29, 0.717) is 31.4 Å². The molecule has 2 rings (SSSR count). The molecule has 0 saturated heterocycles. The summed E-state index contributed by atoms with van der Waals surface area (Å²) in [6.07, 6.45) is 0. The van der Waals surface area contributed by atoms with Crippen molar-refractivity contribution in [3.05, 3.63) is 61.5 Å². The smallest absolute Gasteiger partial charge is 0.144 e. The highest BCUT2D eigenvalue weighted by molar-refractivity contribution is 6.42. The summed E-state index contributed by atoms with van der Waals surface area (Å²) >= 11 is 24.0. The van der Waals surface area contributed by atoms with Crippen molar-refractivity contribution in [2.45, 2.75) is 13.2 Å². The van der Waals surface area contributed by atoms with E-state index in [4.69, 9.17) is 51.1 Å². The van der Waals surface area contributed by atoms with Gasteiger partial charge in [-0.25, -0.2) is 0 Å². The standard InChI is InChI=1S/C14H10Cl4O2/c15-10-4-9(6-19)14(12(17)5-10)20-7-8-2-1-3-11(16)13(8)18/h1-5,19H,6-7H2. The van der Waals surface area contributed by atoms with Crippen LogP contribution in [0.3, 0.4) is 0 Å². The van der Waals surface area contributed by atoms with Gasteiger partial charge in [0.05, 0.1) is 21.7 Å². The van der Waals surface area contributed by atoms with E-state index in [9.17, 15) is 5.11 Å². The molecule has 2 aromatic carbocycles. The Morgan fingerprint density at radius 2 is 1.70 bits per heavy atom. The largest absolute Gasteiger partial charge is 0.487 e.